The summed E-state index contributed by atoms with van der Waals surface area (Å²) in [6.45, 7) is 16.1. The molecular weight excluding hydrogens is 240 g/mol. The second-order valence-corrected chi connectivity index (χ2v) is 8.43. The smallest absolute Gasteiger partial charge is 0.0172 e. The van der Waals surface area contributed by atoms with Crippen LogP contribution in [0.4, 0.5) is 0 Å². The molecule has 3 saturated carbocycles. The fourth-order valence-corrected chi connectivity index (χ4v) is 6.02. The highest BCUT2D eigenvalue weighted by molar-refractivity contribution is 5.17. The van der Waals surface area contributed by atoms with Crippen LogP contribution in [0.2, 0.25) is 0 Å². The summed E-state index contributed by atoms with van der Waals surface area (Å²) in [4.78, 5) is 0. The molecule has 3 aliphatic carbocycles. The third-order valence-corrected chi connectivity index (χ3v) is 7.22. The van der Waals surface area contributed by atoms with Gasteiger partial charge in [-0.15, -0.1) is 0 Å². The van der Waals surface area contributed by atoms with Crippen molar-refractivity contribution in [3.63, 3.8) is 0 Å². The first kappa shape index (κ1) is 14.4. The summed E-state index contributed by atoms with van der Waals surface area (Å²) >= 11 is 0. The first-order chi connectivity index (χ1) is 9.43. The van der Waals surface area contributed by atoms with Gasteiger partial charge in [0, 0.05) is 0 Å². The van der Waals surface area contributed by atoms with Crippen LogP contribution in [0.1, 0.15) is 65.7 Å². The highest BCUT2D eigenvalue weighted by Gasteiger charge is 2.54. The Balaban J connectivity index is 1.96. The zero-order chi connectivity index (χ0) is 14.5. The monoisotopic (exact) mass is 272 g/mol. The highest BCUT2D eigenvalue weighted by Crippen LogP contribution is 2.62. The molecule has 0 N–H and O–H groups in total. The number of rotatable bonds is 1. The van der Waals surface area contributed by atoms with Crippen molar-refractivity contribution >= 4 is 0 Å². The molecule has 0 aromatic rings. The Hall–Kier alpha value is -0.520. The minimum atomic E-state index is 0.558. The molecule has 0 bridgehead atoms. The molecule has 0 aromatic carbocycles. The van der Waals surface area contributed by atoms with E-state index in [1.165, 1.54) is 50.5 Å². The van der Waals surface area contributed by atoms with Crippen LogP contribution in [0, 0.1) is 35.0 Å². The van der Waals surface area contributed by atoms with Gasteiger partial charge < -0.3 is 0 Å². The highest BCUT2D eigenvalue weighted by atomic mass is 14.6. The summed E-state index contributed by atoms with van der Waals surface area (Å²) in [5, 5.41) is 0. The molecule has 0 aromatic heterocycles. The minimum Gasteiger partial charge on any atom is -0.0999 e. The fourth-order valence-electron chi connectivity index (χ4n) is 6.02. The van der Waals surface area contributed by atoms with Crippen LogP contribution in [0.3, 0.4) is 0 Å². The van der Waals surface area contributed by atoms with E-state index in [1.54, 1.807) is 5.57 Å². The zero-order valence-electron chi connectivity index (χ0n) is 13.8. The first-order valence-corrected chi connectivity index (χ1v) is 8.76. The molecule has 0 spiro atoms. The van der Waals surface area contributed by atoms with Gasteiger partial charge in [0.25, 0.3) is 0 Å². The molecule has 20 heavy (non-hydrogen) atoms. The van der Waals surface area contributed by atoms with Gasteiger partial charge in [-0.25, -0.2) is 0 Å². The first-order valence-electron chi connectivity index (χ1n) is 8.76. The zero-order valence-corrected chi connectivity index (χ0v) is 13.8. The molecule has 0 amide bonds. The van der Waals surface area contributed by atoms with Gasteiger partial charge in [-0.2, -0.15) is 0 Å². The van der Waals surface area contributed by atoms with Gasteiger partial charge in [0.2, 0.25) is 0 Å². The largest absolute Gasteiger partial charge is 0.0999 e. The summed E-state index contributed by atoms with van der Waals surface area (Å²) in [6.07, 6.45) is 9.74. The number of hydrogen-bond acceptors (Lipinski definition) is 0. The molecule has 0 nitrogen and oxygen atoms in total. The fraction of sp³-hybridized carbons (Fsp3) is 0.800. The van der Waals surface area contributed by atoms with Gasteiger partial charge in [0.1, 0.15) is 0 Å². The van der Waals surface area contributed by atoms with E-state index in [1.807, 2.05) is 0 Å². The number of hydrogen-bond donors (Lipinski definition) is 0. The van der Waals surface area contributed by atoms with Gasteiger partial charge in [0.05, 0.1) is 0 Å². The van der Waals surface area contributed by atoms with Crippen molar-refractivity contribution in [1.29, 1.82) is 0 Å². The number of fused-ring (bicyclic) bond motifs is 3. The second-order valence-electron chi connectivity index (χ2n) is 8.43. The van der Waals surface area contributed by atoms with E-state index >= 15 is 0 Å². The Kier molecular flexibility index (Phi) is 3.63. The van der Waals surface area contributed by atoms with Crippen molar-refractivity contribution in [1.82, 2.24) is 0 Å². The van der Waals surface area contributed by atoms with E-state index in [0.29, 0.717) is 5.41 Å². The summed E-state index contributed by atoms with van der Waals surface area (Å²) in [7, 11) is 0. The molecule has 6 atom stereocenters. The van der Waals surface area contributed by atoms with Crippen LogP contribution in [0.25, 0.3) is 0 Å². The Morgan fingerprint density at radius 1 is 1.15 bits per heavy atom. The molecule has 0 heteroatoms. The molecule has 3 rings (SSSR count). The maximum absolute atomic E-state index is 4.49. The summed E-state index contributed by atoms with van der Waals surface area (Å²) in [5.74, 6) is 4.30. The molecule has 3 fully saturated rings. The molecule has 0 saturated heterocycles. The summed E-state index contributed by atoms with van der Waals surface area (Å²) in [5.41, 5.74) is 3.58. The second kappa shape index (κ2) is 5.04. The lowest BCUT2D eigenvalue weighted by Gasteiger charge is -2.46. The minimum absolute atomic E-state index is 0.558. The molecule has 112 valence electrons. The topological polar surface area (TPSA) is 0 Å². The average Bonchev–Trinajstić information content (AvgIpc) is 2.70. The SMILES string of the molecule is C=C(C)C1CCC2(C)C1CCC(=C)C1CCC(C)CC12. The van der Waals surface area contributed by atoms with Crippen molar-refractivity contribution in [3.05, 3.63) is 24.3 Å². The van der Waals surface area contributed by atoms with Gasteiger partial charge in [0.15, 0.2) is 0 Å². The van der Waals surface area contributed by atoms with Crippen LogP contribution < -0.4 is 0 Å². The molecular formula is C20H32. The normalized spacial score (nSPS) is 48.4. The molecule has 6 unspecified atom stereocenters. The third kappa shape index (κ3) is 2.11. The van der Waals surface area contributed by atoms with Crippen molar-refractivity contribution in [3.8, 4) is 0 Å². The quantitative estimate of drug-likeness (QED) is 0.514. The summed E-state index contributed by atoms with van der Waals surface area (Å²) < 4.78 is 0. The van der Waals surface area contributed by atoms with Gasteiger partial charge in [-0.3, -0.25) is 0 Å². The van der Waals surface area contributed by atoms with Crippen LogP contribution in [0.15, 0.2) is 24.3 Å². The van der Waals surface area contributed by atoms with E-state index < -0.39 is 0 Å². The van der Waals surface area contributed by atoms with E-state index in [2.05, 4.69) is 33.9 Å². The van der Waals surface area contributed by atoms with Gasteiger partial charge in [-0.05, 0) is 80.5 Å². The Morgan fingerprint density at radius 2 is 1.90 bits per heavy atom. The van der Waals surface area contributed by atoms with Gasteiger partial charge in [-0.1, -0.05) is 44.6 Å². The van der Waals surface area contributed by atoms with Gasteiger partial charge >= 0.3 is 0 Å². The van der Waals surface area contributed by atoms with Crippen molar-refractivity contribution in [2.45, 2.75) is 65.7 Å². The predicted molar refractivity (Wildman–Crippen MR) is 87.5 cm³/mol. The molecule has 3 aliphatic rings. The van der Waals surface area contributed by atoms with E-state index in [-0.39, 0.29) is 0 Å². The average molecular weight is 272 g/mol. The lowest BCUT2D eigenvalue weighted by atomic mass is 9.58. The molecule has 0 aliphatic heterocycles. The molecule has 0 heterocycles. The third-order valence-electron chi connectivity index (χ3n) is 7.22. The van der Waals surface area contributed by atoms with Crippen LogP contribution in [0.5, 0.6) is 0 Å². The van der Waals surface area contributed by atoms with Crippen molar-refractivity contribution in [2.24, 2.45) is 35.0 Å². The Labute approximate surface area is 125 Å². The maximum Gasteiger partial charge on any atom is -0.0172 e. The van der Waals surface area contributed by atoms with Crippen molar-refractivity contribution < 1.29 is 0 Å². The van der Waals surface area contributed by atoms with Crippen LogP contribution >= 0.6 is 0 Å². The maximum atomic E-state index is 4.49. The van der Waals surface area contributed by atoms with Crippen LogP contribution in [-0.2, 0) is 0 Å². The van der Waals surface area contributed by atoms with E-state index in [4.69, 9.17) is 0 Å². The summed E-state index contributed by atoms with van der Waals surface area (Å²) in [6, 6.07) is 0. The van der Waals surface area contributed by atoms with Crippen molar-refractivity contribution in [2.75, 3.05) is 0 Å². The molecule has 0 radical (unpaired) electrons. The lowest BCUT2D eigenvalue weighted by Crippen LogP contribution is -2.39. The lowest BCUT2D eigenvalue weighted by molar-refractivity contribution is 0.0412. The number of allylic oxidation sites excluding steroid dienone is 2. The predicted octanol–water partition coefficient (Wildman–Crippen LogP) is 6.00. The standard InChI is InChI=1S/C20H32/c1-13(2)16-10-11-20(5)18(16)9-7-15(4)17-8-6-14(3)12-19(17)20/h14,16-19H,1,4,6-12H2,2-3,5H3. The Bertz CT molecular complexity index is 418. The Morgan fingerprint density at radius 3 is 2.60 bits per heavy atom. The van der Waals surface area contributed by atoms with Crippen LogP contribution in [-0.4, -0.2) is 0 Å². The van der Waals surface area contributed by atoms with E-state index in [9.17, 15) is 0 Å². The van der Waals surface area contributed by atoms with E-state index in [0.717, 1.165) is 29.6 Å².